The minimum atomic E-state index is -0.333. The van der Waals surface area contributed by atoms with Gasteiger partial charge in [-0.05, 0) is 43.2 Å². The van der Waals surface area contributed by atoms with Crippen LogP contribution in [0.5, 0.6) is 11.5 Å². The molecule has 26 heavy (non-hydrogen) atoms. The van der Waals surface area contributed by atoms with E-state index in [1.165, 1.54) is 0 Å². The summed E-state index contributed by atoms with van der Waals surface area (Å²) in [7, 11) is 0. The van der Waals surface area contributed by atoms with E-state index in [2.05, 4.69) is 10.6 Å². The molecule has 4 rings (SSSR count). The maximum Gasteiger partial charge on any atom is 0.231 e. The Morgan fingerprint density at radius 2 is 1.73 bits per heavy atom. The average Bonchev–Trinajstić information content (AvgIpc) is 3.29. The Hall–Kier alpha value is -2.73. The van der Waals surface area contributed by atoms with Gasteiger partial charge in [-0.2, -0.15) is 0 Å². The smallest absolute Gasteiger partial charge is 0.231 e. The lowest BCUT2D eigenvalue weighted by Crippen LogP contribution is -2.20. The standard InChI is InChI=1S/C19H17ClN2O4/c1-10-2-3-11(20)6-15(10)22-19(24)14-8-13(14)18(23)21-12-4-5-16-17(7-12)26-9-25-16/h2-7,13-14H,8-9H2,1H3,(H,21,23)(H,22,24). The lowest BCUT2D eigenvalue weighted by molar-refractivity contribution is -0.122. The fourth-order valence-electron chi connectivity index (χ4n) is 2.94. The van der Waals surface area contributed by atoms with Crippen LogP contribution in [0.25, 0.3) is 0 Å². The zero-order valence-corrected chi connectivity index (χ0v) is 14.8. The number of amides is 2. The van der Waals surface area contributed by atoms with Crippen molar-refractivity contribution >= 4 is 34.8 Å². The van der Waals surface area contributed by atoms with Crippen molar-refractivity contribution in [1.29, 1.82) is 0 Å². The van der Waals surface area contributed by atoms with E-state index in [9.17, 15) is 9.59 Å². The summed E-state index contributed by atoms with van der Waals surface area (Å²) in [5, 5.41) is 6.24. The number of ether oxygens (including phenoxy) is 2. The quantitative estimate of drug-likeness (QED) is 0.859. The maximum absolute atomic E-state index is 12.4. The summed E-state index contributed by atoms with van der Waals surface area (Å²) in [5.74, 6) is 0.253. The molecule has 0 aromatic heterocycles. The van der Waals surface area contributed by atoms with Gasteiger partial charge in [-0.25, -0.2) is 0 Å². The third-order valence-corrected chi connectivity index (χ3v) is 4.80. The molecule has 1 aliphatic carbocycles. The molecule has 1 heterocycles. The van der Waals surface area contributed by atoms with Gasteiger partial charge < -0.3 is 20.1 Å². The fraction of sp³-hybridized carbons (Fsp3) is 0.263. The molecular formula is C19H17ClN2O4. The first-order chi connectivity index (χ1) is 12.5. The van der Waals surface area contributed by atoms with E-state index in [4.69, 9.17) is 21.1 Å². The molecule has 0 saturated heterocycles. The van der Waals surface area contributed by atoms with Crippen LogP contribution in [0.4, 0.5) is 11.4 Å². The molecule has 2 aromatic rings. The molecule has 0 bridgehead atoms. The molecule has 1 saturated carbocycles. The molecule has 0 radical (unpaired) electrons. The highest BCUT2D eigenvalue weighted by atomic mass is 35.5. The molecule has 1 fully saturated rings. The van der Waals surface area contributed by atoms with Gasteiger partial charge in [-0.3, -0.25) is 9.59 Å². The summed E-state index contributed by atoms with van der Waals surface area (Å²) in [6.45, 7) is 2.07. The third kappa shape index (κ3) is 3.32. The number of carbonyl (C=O) groups excluding carboxylic acids is 2. The first kappa shape index (κ1) is 16.7. The number of hydrogen-bond donors (Lipinski definition) is 2. The van der Waals surface area contributed by atoms with Crippen molar-refractivity contribution < 1.29 is 19.1 Å². The van der Waals surface area contributed by atoms with Gasteiger partial charge in [0.2, 0.25) is 18.6 Å². The summed E-state index contributed by atoms with van der Waals surface area (Å²) in [6.07, 6.45) is 0.530. The minimum Gasteiger partial charge on any atom is -0.454 e. The lowest BCUT2D eigenvalue weighted by Gasteiger charge is -2.09. The van der Waals surface area contributed by atoms with E-state index in [0.717, 1.165) is 5.56 Å². The van der Waals surface area contributed by atoms with Gasteiger partial charge >= 0.3 is 0 Å². The zero-order valence-electron chi connectivity index (χ0n) is 14.0. The lowest BCUT2D eigenvalue weighted by atomic mass is 10.2. The second kappa shape index (κ2) is 6.53. The third-order valence-electron chi connectivity index (χ3n) is 4.56. The van der Waals surface area contributed by atoms with Gasteiger partial charge in [-0.15, -0.1) is 0 Å². The Morgan fingerprint density at radius 3 is 2.54 bits per heavy atom. The van der Waals surface area contributed by atoms with Crippen LogP contribution in [-0.2, 0) is 9.59 Å². The van der Waals surface area contributed by atoms with E-state index in [0.29, 0.717) is 34.3 Å². The SMILES string of the molecule is Cc1ccc(Cl)cc1NC(=O)C1CC1C(=O)Nc1ccc2c(c1)OCO2. The Balaban J connectivity index is 1.36. The number of nitrogens with one attached hydrogen (secondary N) is 2. The number of benzene rings is 2. The van der Waals surface area contributed by atoms with Crippen molar-refractivity contribution in [1.82, 2.24) is 0 Å². The first-order valence-corrected chi connectivity index (χ1v) is 8.66. The average molecular weight is 373 g/mol. The van der Waals surface area contributed by atoms with Crippen LogP contribution in [-0.4, -0.2) is 18.6 Å². The van der Waals surface area contributed by atoms with Crippen LogP contribution in [0.1, 0.15) is 12.0 Å². The molecule has 2 atom stereocenters. The van der Waals surface area contributed by atoms with Crippen LogP contribution in [0.2, 0.25) is 5.02 Å². The van der Waals surface area contributed by atoms with Crippen LogP contribution in [0.15, 0.2) is 36.4 Å². The topological polar surface area (TPSA) is 76.7 Å². The molecule has 2 N–H and O–H groups in total. The molecule has 1 aliphatic heterocycles. The highest BCUT2D eigenvalue weighted by Gasteiger charge is 2.48. The number of halogens is 1. The van der Waals surface area contributed by atoms with Gasteiger partial charge in [0, 0.05) is 22.5 Å². The van der Waals surface area contributed by atoms with Gasteiger partial charge in [-0.1, -0.05) is 17.7 Å². The molecule has 2 aliphatic rings. The highest BCUT2D eigenvalue weighted by molar-refractivity contribution is 6.31. The van der Waals surface area contributed by atoms with E-state index >= 15 is 0 Å². The second-order valence-electron chi connectivity index (χ2n) is 6.45. The number of rotatable bonds is 4. The number of aryl methyl sites for hydroxylation is 1. The molecule has 134 valence electrons. The van der Waals surface area contributed by atoms with Crippen molar-refractivity contribution in [2.24, 2.45) is 11.8 Å². The van der Waals surface area contributed by atoms with Crippen molar-refractivity contribution in [2.75, 3.05) is 17.4 Å². The molecule has 2 amide bonds. The van der Waals surface area contributed by atoms with Crippen molar-refractivity contribution in [3.63, 3.8) is 0 Å². The summed E-state index contributed by atoms with van der Waals surface area (Å²) < 4.78 is 10.5. The Kier molecular flexibility index (Phi) is 4.20. The molecular weight excluding hydrogens is 356 g/mol. The number of hydrogen-bond acceptors (Lipinski definition) is 4. The van der Waals surface area contributed by atoms with Crippen LogP contribution >= 0.6 is 11.6 Å². The van der Waals surface area contributed by atoms with E-state index < -0.39 is 0 Å². The van der Waals surface area contributed by atoms with Gasteiger partial charge in [0.05, 0.1) is 11.8 Å². The van der Waals surface area contributed by atoms with Gasteiger partial charge in [0.1, 0.15) is 0 Å². The van der Waals surface area contributed by atoms with Gasteiger partial charge in [0.15, 0.2) is 11.5 Å². The fourth-order valence-corrected chi connectivity index (χ4v) is 3.11. The van der Waals surface area contributed by atoms with E-state index in [1.807, 2.05) is 13.0 Å². The van der Waals surface area contributed by atoms with E-state index in [1.54, 1.807) is 30.3 Å². The van der Waals surface area contributed by atoms with Crippen molar-refractivity contribution in [2.45, 2.75) is 13.3 Å². The normalized spacial score (nSPS) is 19.8. The monoisotopic (exact) mass is 372 g/mol. The number of anilines is 2. The Morgan fingerprint density at radius 1 is 1.00 bits per heavy atom. The van der Waals surface area contributed by atoms with Crippen LogP contribution < -0.4 is 20.1 Å². The van der Waals surface area contributed by atoms with Crippen LogP contribution in [0.3, 0.4) is 0 Å². The molecule has 6 nitrogen and oxygen atoms in total. The Labute approximate surface area is 155 Å². The zero-order chi connectivity index (χ0) is 18.3. The highest BCUT2D eigenvalue weighted by Crippen LogP contribution is 2.41. The van der Waals surface area contributed by atoms with E-state index in [-0.39, 0.29) is 30.4 Å². The molecule has 7 heteroatoms. The molecule has 2 aromatic carbocycles. The minimum absolute atomic E-state index is 0.166. The summed E-state index contributed by atoms with van der Waals surface area (Å²) >= 11 is 5.97. The van der Waals surface area contributed by atoms with Crippen molar-refractivity contribution in [3.8, 4) is 11.5 Å². The second-order valence-corrected chi connectivity index (χ2v) is 6.89. The summed E-state index contributed by atoms with van der Waals surface area (Å²) in [4.78, 5) is 24.8. The molecule has 0 spiro atoms. The number of carbonyl (C=O) groups is 2. The Bertz CT molecular complexity index is 899. The van der Waals surface area contributed by atoms with Crippen LogP contribution in [0, 0.1) is 18.8 Å². The maximum atomic E-state index is 12.4. The summed E-state index contributed by atoms with van der Waals surface area (Å²) in [6, 6.07) is 10.5. The summed E-state index contributed by atoms with van der Waals surface area (Å²) in [5.41, 5.74) is 2.21. The first-order valence-electron chi connectivity index (χ1n) is 8.29. The van der Waals surface area contributed by atoms with Gasteiger partial charge in [0.25, 0.3) is 0 Å². The predicted octanol–water partition coefficient (Wildman–Crippen LogP) is 3.59. The van der Waals surface area contributed by atoms with Crippen molar-refractivity contribution in [3.05, 3.63) is 47.0 Å². The predicted molar refractivity (Wildman–Crippen MR) is 97.6 cm³/mol. The molecule has 2 unspecified atom stereocenters. The largest absolute Gasteiger partial charge is 0.454 e. The number of fused-ring (bicyclic) bond motifs is 1.